The van der Waals surface area contributed by atoms with E-state index in [1.54, 1.807) is 0 Å². The summed E-state index contributed by atoms with van der Waals surface area (Å²) in [5, 5.41) is 2.83. The first-order chi connectivity index (χ1) is 15.7. The first-order valence-electron chi connectivity index (χ1n) is 10.2. The average molecular weight is 434 g/mol. The Hall–Kier alpha value is -4.02. The van der Waals surface area contributed by atoms with E-state index in [-0.39, 0.29) is 0 Å². The third kappa shape index (κ3) is 3.31. The van der Waals surface area contributed by atoms with Crippen molar-refractivity contribution in [2.24, 2.45) is 0 Å². The number of furan rings is 1. The fourth-order valence-electron chi connectivity index (χ4n) is 3.81. The maximum absolute atomic E-state index is 6.08. The van der Waals surface area contributed by atoms with E-state index in [9.17, 15) is 0 Å². The van der Waals surface area contributed by atoms with E-state index in [0.717, 1.165) is 38.6 Å². The normalized spacial score (nSPS) is 11.3. The molecule has 4 nitrogen and oxygen atoms in total. The predicted octanol–water partition coefficient (Wildman–Crippen LogP) is 7.43. The maximum Gasteiger partial charge on any atom is 0.164 e. The minimum atomic E-state index is 0.589. The number of rotatable bonds is 3. The molecule has 0 amide bonds. The van der Waals surface area contributed by atoms with Crippen LogP contribution in [0.1, 0.15) is 0 Å². The van der Waals surface area contributed by atoms with Gasteiger partial charge < -0.3 is 4.42 Å². The zero-order chi connectivity index (χ0) is 21.5. The van der Waals surface area contributed by atoms with Crippen molar-refractivity contribution in [3.8, 4) is 34.2 Å². The molecular formula is C27H16ClN3O. The molecule has 32 heavy (non-hydrogen) atoms. The highest BCUT2D eigenvalue weighted by Gasteiger charge is 2.14. The van der Waals surface area contributed by atoms with Gasteiger partial charge in [0.2, 0.25) is 0 Å². The van der Waals surface area contributed by atoms with E-state index in [2.05, 4.69) is 12.1 Å². The predicted molar refractivity (Wildman–Crippen MR) is 128 cm³/mol. The lowest BCUT2D eigenvalue weighted by Crippen LogP contribution is -2.00. The average Bonchev–Trinajstić information content (AvgIpc) is 3.23. The molecule has 0 bridgehead atoms. The molecule has 0 radical (unpaired) electrons. The standard InChI is InChI=1S/C27H16ClN3O/c28-20-13-10-18(11-14-20)26-29-25(17-6-2-1-3-7-17)30-27(31-26)19-12-15-22-21-8-4-5-9-23(21)32-24(22)16-19/h1-16H. The van der Waals surface area contributed by atoms with Crippen molar-refractivity contribution >= 4 is 33.5 Å². The van der Waals surface area contributed by atoms with Gasteiger partial charge in [0.15, 0.2) is 17.5 Å². The van der Waals surface area contributed by atoms with Crippen LogP contribution in [-0.2, 0) is 0 Å². The van der Waals surface area contributed by atoms with Crippen LogP contribution in [0.3, 0.4) is 0 Å². The van der Waals surface area contributed by atoms with Gasteiger partial charge in [0.25, 0.3) is 0 Å². The van der Waals surface area contributed by atoms with Gasteiger partial charge in [-0.1, -0.05) is 66.2 Å². The van der Waals surface area contributed by atoms with Gasteiger partial charge in [0.1, 0.15) is 11.2 Å². The number of nitrogens with zero attached hydrogens (tertiary/aromatic N) is 3. The number of aromatic nitrogens is 3. The minimum absolute atomic E-state index is 0.589. The Balaban J connectivity index is 1.55. The molecule has 5 heteroatoms. The third-order valence-corrected chi connectivity index (χ3v) is 5.66. The van der Waals surface area contributed by atoms with Gasteiger partial charge in [-0.05, 0) is 42.5 Å². The number of halogens is 1. The summed E-state index contributed by atoms with van der Waals surface area (Å²) in [5.41, 5.74) is 4.34. The van der Waals surface area contributed by atoms with Gasteiger partial charge in [-0.25, -0.2) is 15.0 Å². The summed E-state index contributed by atoms with van der Waals surface area (Å²) in [4.78, 5) is 14.3. The smallest absolute Gasteiger partial charge is 0.164 e. The molecule has 4 aromatic carbocycles. The summed E-state index contributed by atoms with van der Waals surface area (Å²) in [6, 6.07) is 31.5. The van der Waals surface area contributed by atoms with E-state index in [0.29, 0.717) is 22.5 Å². The number of fused-ring (bicyclic) bond motifs is 3. The van der Waals surface area contributed by atoms with Crippen LogP contribution in [0, 0.1) is 0 Å². The second-order valence-corrected chi connectivity index (χ2v) is 7.92. The Morgan fingerprint density at radius 1 is 0.500 bits per heavy atom. The van der Waals surface area contributed by atoms with Crippen molar-refractivity contribution in [3.63, 3.8) is 0 Å². The fraction of sp³-hybridized carbons (Fsp3) is 0. The van der Waals surface area contributed by atoms with E-state index >= 15 is 0 Å². The molecule has 0 spiro atoms. The molecule has 0 N–H and O–H groups in total. The van der Waals surface area contributed by atoms with Crippen LogP contribution < -0.4 is 0 Å². The van der Waals surface area contributed by atoms with Gasteiger partial charge >= 0.3 is 0 Å². The quantitative estimate of drug-likeness (QED) is 0.291. The molecular weight excluding hydrogens is 418 g/mol. The van der Waals surface area contributed by atoms with Gasteiger partial charge in [-0.15, -0.1) is 0 Å². The number of benzene rings is 4. The maximum atomic E-state index is 6.08. The highest BCUT2D eigenvalue weighted by molar-refractivity contribution is 6.30. The Morgan fingerprint density at radius 3 is 1.81 bits per heavy atom. The van der Waals surface area contributed by atoms with Gasteiger partial charge in [-0.2, -0.15) is 0 Å². The van der Waals surface area contributed by atoms with Crippen LogP contribution in [0.4, 0.5) is 0 Å². The highest BCUT2D eigenvalue weighted by atomic mass is 35.5. The zero-order valence-corrected chi connectivity index (χ0v) is 17.6. The summed E-state index contributed by atoms with van der Waals surface area (Å²) in [7, 11) is 0. The van der Waals surface area contributed by atoms with E-state index in [1.807, 2.05) is 84.9 Å². The topological polar surface area (TPSA) is 51.8 Å². The summed E-state index contributed by atoms with van der Waals surface area (Å²) < 4.78 is 6.07. The van der Waals surface area contributed by atoms with Crippen molar-refractivity contribution in [3.05, 3.63) is 102 Å². The molecule has 6 rings (SSSR count). The van der Waals surface area contributed by atoms with Crippen LogP contribution in [0.15, 0.2) is 101 Å². The molecule has 2 heterocycles. The Labute approximate surface area is 189 Å². The zero-order valence-electron chi connectivity index (χ0n) is 16.9. The lowest BCUT2D eigenvalue weighted by atomic mass is 10.1. The van der Waals surface area contributed by atoms with Gasteiger partial charge in [-0.3, -0.25) is 0 Å². The van der Waals surface area contributed by atoms with Crippen LogP contribution in [0.2, 0.25) is 5.02 Å². The molecule has 0 atom stereocenters. The lowest BCUT2D eigenvalue weighted by Gasteiger charge is -2.08. The molecule has 0 saturated carbocycles. The molecule has 0 aliphatic rings. The number of hydrogen-bond acceptors (Lipinski definition) is 4. The molecule has 0 aliphatic heterocycles. The van der Waals surface area contributed by atoms with Crippen LogP contribution in [0.5, 0.6) is 0 Å². The number of para-hydroxylation sites is 1. The first kappa shape index (κ1) is 18.7. The van der Waals surface area contributed by atoms with Crippen molar-refractivity contribution in [1.29, 1.82) is 0 Å². The second-order valence-electron chi connectivity index (χ2n) is 7.49. The molecule has 6 aromatic rings. The molecule has 0 fully saturated rings. The molecule has 152 valence electrons. The van der Waals surface area contributed by atoms with Crippen LogP contribution in [-0.4, -0.2) is 15.0 Å². The van der Waals surface area contributed by atoms with E-state index in [1.165, 1.54) is 0 Å². The fourth-order valence-corrected chi connectivity index (χ4v) is 3.94. The lowest BCUT2D eigenvalue weighted by molar-refractivity contribution is 0.669. The third-order valence-electron chi connectivity index (χ3n) is 5.41. The first-order valence-corrected chi connectivity index (χ1v) is 10.6. The molecule has 0 unspecified atom stereocenters. The summed E-state index contributed by atoms with van der Waals surface area (Å²) in [5.74, 6) is 1.80. The highest BCUT2D eigenvalue weighted by Crippen LogP contribution is 2.32. The molecule has 2 aromatic heterocycles. The summed E-state index contributed by atoms with van der Waals surface area (Å²) in [6.07, 6.45) is 0. The van der Waals surface area contributed by atoms with Crippen LogP contribution in [0.25, 0.3) is 56.1 Å². The Kier molecular flexibility index (Phi) is 4.44. The molecule has 0 aliphatic carbocycles. The van der Waals surface area contributed by atoms with Gasteiger partial charge in [0.05, 0.1) is 0 Å². The second kappa shape index (κ2) is 7.59. The Bertz CT molecular complexity index is 1570. The van der Waals surface area contributed by atoms with E-state index < -0.39 is 0 Å². The largest absolute Gasteiger partial charge is 0.456 e. The minimum Gasteiger partial charge on any atom is -0.456 e. The van der Waals surface area contributed by atoms with Gasteiger partial charge in [0, 0.05) is 32.5 Å². The molecule has 0 saturated heterocycles. The SMILES string of the molecule is Clc1ccc(-c2nc(-c3ccccc3)nc(-c3ccc4c(c3)oc3ccccc34)n2)cc1. The van der Waals surface area contributed by atoms with Crippen molar-refractivity contribution in [1.82, 2.24) is 15.0 Å². The number of hydrogen-bond donors (Lipinski definition) is 0. The summed E-state index contributed by atoms with van der Waals surface area (Å²) in [6.45, 7) is 0. The van der Waals surface area contributed by atoms with Crippen molar-refractivity contribution in [2.75, 3.05) is 0 Å². The Morgan fingerprint density at radius 2 is 1.06 bits per heavy atom. The summed E-state index contributed by atoms with van der Waals surface area (Å²) >= 11 is 6.08. The van der Waals surface area contributed by atoms with E-state index in [4.69, 9.17) is 31.0 Å². The van der Waals surface area contributed by atoms with Crippen LogP contribution >= 0.6 is 11.6 Å². The van der Waals surface area contributed by atoms with Crippen molar-refractivity contribution < 1.29 is 4.42 Å². The monoisotopic (exact) mass is 433 g/mol. The van der Waals surface area contributed by atoms with Crippen molar-refractivity contribution in [2.45, 2.75) is 0 Å².